The van der Waals surface area contributed by atoms with Gasteiger partial charge in [-0.3, -0.25) is 0 Å². The van der Waals surface area contributed by atoms with Gasteiger partial charge in [0.15, 0.2) is 5.65 Å². The van der Waals surface area contributed by atoms with Crippen LogP contribution in [0.4, 0.5) is 13.2 Å². The number of nitrogens with zero attached hydrogens (tertiary/aromatic N) is 3. The Morgan fingerprint density at radius 1 is 1.13 bits per heavy atom. The van der Waals surface area contributed by atoms with E-state index in [0.29, 0.717) is 16.9 Å². The van der Waals surface area contributed by atoms with Crippen molar-refractivity contribution in [2.24, 2.45) is 5.73 Å². The Labute approximate surface area is 129 Å². The van der Waals surface area contributed by atoms with Crippen molar-refractivity contribution < 1.29 is 13.2 Å². The molecule has 0 radical (unpaired) electrons. The van der Waals surface area contributed by atoms with Gasteiger partial charge in [0.25, 0.3) is 0 Å². The van der Waals surface area contributed by atoms with Crippen molar-refractivity contribution in [1.82, 2.24) is 14.4 Å². The van der Waals surface area contributed by atoms with E-state index in [4.69, 9.17) is 5.73 Å². The topological polar surface area (TPSA) is 56.2 Å². The summed E-state index contributed by atoms with van der Waals surface area (Å²) in [6.45, 7) is 0. The van der Waals surface area contributed by atoms with Crippen molar-refractivity contribution in [3.05, 3.63) is 54.1 Å². The molecule has 1 fully saturated rings. The number of hydrogen-bond donors (Lipinski definition) is 1. The molecule has 7 heteroatoms. The van der Waals surface area contributed by atoms with E-state index in [0.717, 1.165) is 30.7 Å². The van der Waals surface area contributed by atoms with Gasteiger partial charge in [-0.15, -0.1) is 0 Å². The van der Waals surface area contributed by atoms with Crippen molar-refractivity contribution >= 4 is 5.65 Å². The zero-order valence-electron chi connectivity index (χ0n) is 12.0. The third kappa shape index (κ3) is 2.37. The van der Waals surface area contributed by atoms with Gasteiger partial charge in [-0.1, -0.05) is 12.1 Å². The molecule has 0 atom stereocenters. The van der Waals surface area contributed by atoms with Crippen molar-refractivity contribution in [2.75, 3.05) is 0 Å². The fourth-order valence-corrected chi connectivity index (χ4v) is 2.57. The lowest BCUT2D eigenvalue weighted by atomic mass is 10.1. The Morgan fingerprint density at radius 3 is 2.43 bits per heavy atom. The average molecular weight is 318 g/mol. The molecule has 2 heterocycles. The molecule has 1 saturated carbocycles. The maximum atomic E-state index is 12.7. The van der Waals surface area contributed by atoms with Gasteiger partial charge in [-0.05, 0) is 25.0 Å². The summed E-state index contributed by atoms with van der Waals surface area (Å²) in [4.78, 5) is 8.83. The van der Waals surface area contributed by atoms with Gasteiger partial charge in [0, 0.05) is 24.2 Å². The summed E-state index contributed by atoms with van der Waals surface area (Å²) in [6.07, 6.45) is 2.60. The van der Waals surface area contributed by atoms with Crippen LogP contribution in [-0.4, -0.2) is 14.4 Å². The summed E-state index contributed by atoms with van der Waals surface area (Å²) in [6, 6.07) is 4.94. The van der Waals surface area contributed by atoms with Crippen LogP contribution in [0.25, 0.3) is 16.9 Å². The van der Waals surface area contributed by atoms with Crippen LogP contribution in [-0.2, 0) is 11.7 Å². The normalized spacial score (nSPS) is 16.7. The van der Waals surface area contributed by atoms with Gasteiger partial charge in [0.1, 0.15) is 5.69 Å². The van der Waals surface area contributed by atoms with E-state index in [2.05, 4.69) is 9.97 Å². The van der Waals surface area contributed by atoms with Crippen LogP contribution < -0.4 is 5.73 Å². The molecule has 0 spiro atoms. The second-order valence-corrected chi connectivity index (χ2v) is 5.86. The minimum atomic E-state index is -4.36. The smallest absolute Gasteiger partial charge is 0.320 e. The highest BCUT2D eigenvalue weighted by Gasteiger charge is 2.42. The Hall–Kier alpha value is -2.41. The molecular formula is C16H13F3N4. The fraction of sp³-hybridized carbons (Fsp3) is 0.250. The third-order valence-electron chi connectivity index (χ3n) is 4.16. The van der Waals surface area contributed by atoms with Crippen LogP contribution in [0.15, 0.2) is 42.9 Å². The van der Waals surface area contributed by atoms with Crippen LogP contribution in [0.5, 0.6) is 0 Å². The lowest BCUT2D eigenvalue weighted by molar-refractivity contribution is -0.137. The molecule has 4 rings (SSSR count). The second kappa shape index (κ2) is 4.55. The number of alkyl halides is 3. The van der Waals surface area contributed by atoms with Gasteiger partial charge in [-0.2, -0.15) is 13.2 Å². The average Bonchev–Trinajstić information content (AvgIpc) is 3.09. The number of hydrogen-bond acceptors (Lipinski definition) is 3. The van der Waals surface area contributed by atoms with Crippen LogP contribution in [0.2, 0.25) is 0 Å². The van der Waals surface area contributed by atoms with Crippen molar-refractivity contribution in [1.29, 1.82) is 0 Å². The maximum Gasteiger partial charge on any atom is 0.416 e. The zero-order chi connectivity index (χ0) is 16.2. The molecule has 0 saturated heterocycles. The number of rotatable bonds is 2. The number of halogens is 3. The Kier molecular flexibility index (Phi) is 2.81. The molecule has 1 aliphatic carbocycles. The van der Waals surface area contributed by atoms with Crippen LogP contribution in [0.1, 0.15) is 24.1 Å². The largest absolute Gasteiger partial charge is 0.416 e. The Bertz CT molecular complexity index is 876. The van der Waals surface area contributed by atoms with E-state index in [1.54, 1.807) is 12.4 Å². The highest BCUT2D eigenvalue weighted by Crippen LogP contribution is 2.42. The second-order valence-electron chi connectivity index (χ2n) is 5.86. The van der Waals surface area contributed by atoms with Crippen molar-refractivity contribution in [3.8, 4) is 11.3 Å². The standard InChI is InChI=1S/C16H13F3N4/c17-16(18,19)11-3-1-10(2-4-11)13-14-21-7-8-23(14)9-12(22-13)15(20)5-6-15/h1-4,7-9H,5-6,20H2. The lowest BCUT2D eigenvalue weighted by Gasteiger charge is -2.13. The number of nitrogens with two attached hydrogens (primary N) is 1. The Balaban J connectivity index is 1.86. The molecule has 0 unspecified atom stereocenters. The predicted octanol–water partition coefficient (Wildman–Crippen LogP) is 3.36. The first-order valence-corrected chi connectivity index (χ1v) is 7.18. The van der Waals surface area contributed by atoms with Crippen LogP contribution >= 0.6 is 0 Å². The zero-order valence-corrected chi connectivity index (χ0v) is 12.0. The molecule has 0 amide bonds. The number of fused-ring (bicyclic) bond motifs is 1. The van der Waals surface area contributed by atoms with Crippen molar-refractivity contribution in [3.63, 3.8) is 0 Å². The predicted molar refractivity (Wildman–Crippen MR) is 78.5 cm³/mol. The summed E-state index contributed by atoms with van der Waals surface area (Å²) in [5, 5.41) is 0. The fourth-order valence-electron chi connectivity index (χ4n) is 2.57. The Morgan fingerprint density at radius 2 is 1.83 bits per heavy atom. The van der Waals surface area contributed by atoms with Gasteiger partial charge in [0.2, 0.25) is 0 Å². The van der Waals surface area contributed by atoms with E-state index in [1.165, 1.54) is 12.1 Å². The first kappa shape index (κ1) is 14.2. The van der Waals surface area contributed by atoms with Gasteiger partial charge >= 0.3 is 6.18 Å². The van der Waals surface area contributed by atoms with E-state index >= 15 is 0 Å². The summed E-state index contributed by atoms with van der Waals surface area (Å²) in [5.74, 6) is 0. The highest BCUT2D eigenvalue weighted by molar-refractivity contribution is 5.74. The summed E-state index contributed by atoms with van der Waals surface area (Å²) < 4.78 is 39.9. The van der Waals surface area contributed by atoms with Crippen LogP contribution in [0.3, 0.4) is 0 Å². The summed E-state index contributed by atoms with van der Waals surface area (Å²) in [5.41, 5.74) is 7.55. The monoisotopic (exact) mass is 318 g/mol. The van der Waals surface area contributed by atoms with E-state index in [1.807, 2.05) is 10.6 Å². The first-order chi connectivity index (χ1) is 10.9. The minimum Gasteiger partial charge on any atom is -0.320 e. The molecule has 3 aromatic rings. The highest BCUT2D eigenvalue weighted by atomic mass is 19.4. The van der Waals surface area contributed by atoms with Crippen LogP contribution in [0, 0.1) is 0 Å². The SMILES string of the molecule is NC1(c2cn3ccnc3c(-c3ccc(C(F)(F)F)cc3)n2)CC1. The van der Waals surface area contributed by atoms with E-state index < -0.39 is 17.3 Å². The minimum absolute atomic E-state index is 0.431. The molecule has 0 bridgehead atoms. The van der Waals surface area contributed by atoms with E-state index in [9.17, 15) is 13.2 Å². The maximum absolute atomic E-state index is 12.7. The molecule has 2 aromatic heterocycles. The number of benzene rings is 1. The van der Waals surface area contributed by atoms with E-state index in [-0.39, 0.29) is 0 Å². The first-order valence-electron chi connectivity index (χ1n) is 7.18. The molecule has 1 aliphatic rings. The van der Waals surface area contributed by atoms with Crippen molar-refractivity contribution in [2.45, 2.75) is 24.6 Å². The number of imidazole rings is 1. The molecule has 23 heavy (non-hydrogen) atoms. The van der Waals surface area contributed by atoms with Gasteiger partial charge in [0.05, 0.1) is 16.8 Å². The third-order valence-corrected chi connectivity index (χ3v) is 4.16. The molecule has 118 valence electrons. The molecule has 2 N–H and O–H groups in total. The number of aromatic nitrogens is 3. The molecule has 1 aromatic carbocycles. The molecular weight excluding hydrogens is 305 g/mol. The summed E-state index contributed by atoms with van der Waals surface area (Å²) >= 11 is 0. The lowest BCUT2D eigenvalue weighted by Crippen LogP contribution is -2.21. The quantitative estimate of drug-likeness (QED) is 0.788. The van der Waals surface area contributed by atoms with Gasteiger partial charge in [-0.25, -0.2) is 9.97 Å². The van der Waals surface area contributed by atoms with Gasteiger partial charge < -0.3 is 10.1 Å². The summed E-state index contributed by atoms with van der Waals surface area (Å²) in [7, 11) is 0. The molecule has 0 aliphatic heterocycles. The molecule has 4 nitrogen and oxygen atoms in total.